The maximum absolute atomic E-state index is 2.31. The van der Waals surface area contributed by atoms with Crippen LogP contribution >= 0.6 is 47.0 Å². The molecule has 0 aliphatic heterocycles. The summed E-state index contributed by atoms with van der Waals surface area (Å²) in [4.78, 5) is 5.47. The molecule has 0 fully saturated rings. The van der Waals surface area contributed by atoms with Crippen molar-refractivity contribution < 1.29 is 51.0 Å². The molecule has 4 aliphatic rings. The van der Waals surface area contributed by atoms with Gasteiger partial charge in [-0.05, 0) is 106 Å². The number of rotatable bonds is 6. The summed E-state index contributed by atoms with van der Waals surface area (Å²) in [5, 5.41) is 0. The van der Waals surface area contributed by atoms with Gasteiger partial charge in [0.05, 0.1) is 0 Å². The maximum atomic E-state index is 2.31. The zero-order chi connectivity index (χ0) is 25.1. The Hall–Kier alpha value is -0.777. The van der Waals surface area contributed by atoms with E-state index < -0.39 is 0 Å². The molecule has 0 atom stereocenters. The average Bonchev–Trinajstić information content (AvgIpc) is 3.69. The van der Waals surface area contributed by atoms with Crippen molar-refractivity contribution >= 4 is 58.2 Å². The molecule has 0 N–H and O–H groups in total. The average molecular weight is 703 g/mol. The summed E-state index contributed by atoms with van der Waals surface area (Å²) in [7, 11) is 0. The van der Waals surface area contributed by atoms with Crippen LogP contribution in [0.2, 0.25) is 0 Å². The van der Waals surface area contributed by atoms with E-state index in [2.05, 4.69) is 122 Å². The second-order valence-corrected chi connectivity index (χ2v) is 11.9. The fourth-order valence-electron chi connectivity index (χ4n) is 4.68. The van der Waals surface area contributed by atoms with Gasteiger partial charge in [0.25, 0.3) is 0 Å². The Morgan fingerprint density at radius 1 is 0.410 bits per heavy atom. The summed E-state index contributed by atoms with van der Waals surface area (Å²) in [6, 6.07) is 21.3. The smallest absolute Gasteiger partial charge is 1.00 e. The minimum atomic E-state index is 0. The topological polar surface area (TPSA) is 0 Å². The van der Waals surface area contributed by atoms with E-state index in [1.807, 2.05) is 47.0 Å². The molecule has 0 radical (unpaired) electrons. The number of hydrogen-bond acceptors (Lipinski definition) is 4. The third-order valence-corrected chi connectivity index (χ3v) is 9.44. The molecule has 0 amide bonds. The van der Waals surface area contributed by atoms with Gasteiger partial charge in [-0.2, -0.15) is 0 Å². The fraction of sp³-hybridized carbons (Fsp3) is 0.125. The second-order valence-electron chi connectivity index (χ2n) is 8.43. The number of benzene rings is 2. The fourth-order valence-corrected chi connectivity index (χ4v) is 6.87. The normalized spacial score (nSPS) is 16.2. The van der Waals surface area contributed by atoms with Crippen molar-refractivity contribution in [3.63, 3.8) is 0 Å². The molecular weight excluding hydrogens is 675 g/mol. The predicted molar refractivity (Wildman–Crippen MR) is 169 cm³/mol. The van der Waals surface area contributed by atoms with E-state index in [1.54, 1.807) is 0 Å². The number of fused-ring (bicyclic) bond motifs is 2. The third-order valence-electron chi connectivity index (χ3n) is 6.47. The van der Waals surface area contributed by atoms with Gasteiger partial charge in [0, 0.05) is 19.6 Å². The van der Waals surface area contributed by atoms with Crippen molar-refractivity contribution in [2.45, 2.75) is 0 Å². The molecule has 2 aromatic carbocycles. The van der Waals surface area contributed by atoms with E-state index in [9.17, 15) is 0 Å². The van der Waals surface area contributed by atoms with E-state index >= 15 is 0 Å². The molecule has 198 valence electrons. The van der Waals surface area contributed by atoms with E-state index in [0.29, 0.717) is 0 Å². The van der Waals surface area contributed by atoms with Crippen molar-refractivity contribution in [2.24, 2.45) is 0 Å². The Morgan fingerprint density at radius 3 is 1.08 bits per heavy atom. The van der Waals surface area contributed by atoms with Gasteiger partial charge in [-0.3, -0.25) is 0 Å². The summed E-state index contributed by atoms with van der Waals surface area (Å²) in [6.45, 7) is 0. The molecule has 0 bridgehead atoms. The Kier molecular flexibility index (Phi) is 14.1. The van der Waals surface area contributed by atoms with Crippen LogP contribution < -0.4 is 24.8 Å². The minimum absolute atomic E-state index is 0. The van der Waals surface area contributed by atoms with Gasteiger partial charge < -0.3 is 24.8 Å². The molecule has 39 heavy (non-hydrogen) atoms. The largest absolute Gasteiger partial charge is 2.00 e. The van der Waals surface area contributed by atoms with Gasteiger partial charge in [0.1, 0.15) is 0 Å². The molecule has 2 aromatic rings. The molecule has 0 saturated heterocycles. The first-order valence-corrected chi connectivity index (χ1v) is 16.6. The van der Waals surface area contributed by atoms with E-state index in [0.717, 1.165) is 0 Å². The van der Waals surface area contributed by atoms with Crippen LogP contribution in [0.4, 0.5) is 0 Å². The molecule has 0 aromatic heterocycles. The first-order valence-electron chi connectivity index (χ1n) is 11.7. The second kappa shape index (κ2) is 16.0. The Morgan fingerprint density at radius 2 is 0.769 bits per heavy atom. The molecular formula is C32H28Cl2S4Zr. The SMILES string of the molecule is CSC1=CC2=C(SC)C=C(c3ccccc3)C2=C1.CSC1=CC2=C(SC)C=C(c3ccccc3)C2=C1.[Cl-].[Cl-].[Zr+2]. The van der Waals surface area contributed by atoms with Gasteiger partial charge in [0.15, 0.2) is 0 Å². The Balaban J connectivity index is 0.000000254. The molecule has 6 rings (SSSR count). The molecule has 0 nitrogen and oxygen atoms in total. The molecule has 4 aliphatic carbocycles. The van der Waals surface area contributed by atoms with Crippen molar-refractivity contribution in [2.75, 3.05) is 25.0 Å². The van der Waals surface area contributed by atoms with Crippen LogP contribution in [-0.4, -0.2) is 25.0 Å². The molecule has 7 heteroatoms. The van der Waals surface area contributed by atoms with Gasteiger partial charge in [-0.25, -0.2) is 0 Å². The predicted octanol–water partition coefficient (Wildman–Crippen LogP) is 3.78. The summed E-state index contributed by atoms with van der Waals surface area (Å²) >= 11 is 7.28. The van der Waals surface area contributed by atoms with Gasteiger partial charge in [-0.15, -0.1) is 47.0 Å². The van der Waals surface area contributed by atoms with Crippen LogP contribution in [0.1, 0.15) is 11.1 Å². The molecule has 0 saturated carbocycles. The zero-order valence-electron chi connectivity index (χ0n) is 22.1. The molecule has 0 unspecified atom stereocenters. The van der Waals surface area contributed by atoms with Crippen LogP contribution in [0.5, 0.6) is 0 Å². The van der Waals surface area contributed by atoms with Crippen LogP contribution in [0.3, 0.4) is 0 Å². The van der Waals surface area contributed by atoms with Crippen molar-refractivity contribution in [1.29, 1.82) is 0 Å². The van der Waals surface area contributed by atoms with Gasteiger partial charge >= 0.3 is 26.2 Å². The summed E-state index contributed by atoms with van der Waals surface area (Å²) in [5.41, 5.74) is 10.9. The first-order chi connectivity index (χ1) is 17.7. The standard InChI is InChI=1S/2C16H14S2.2ClH.Zr/c2*1-17-12-8-14-13(11-6-4-3-5-7-11)10-16(18-2)15(14)9-12;;;/h2*3-10H,1-2H3;2*1H;/q;;;;+2/p-2. The number of thioether (sulfide) groups is 4. The van der Waals surface area contributed by atoms with Crippen LogP contribution in [0, 0.1) is 0 Å². The van der Waals surface area contributed by atoms with Crippen LogP contribution in [0.15, 0.2) is 139 Å². The summed E-state index contributed by atoms with van der Waals surface area (Å²) in [5.74, 6) is 0. The maximum Gasteiger partial charge on any atom is 2.00 e. The van der Waals surface area contributed by atoms with Crippen molar-refractivity contribution in [1.82, 2.24) is 0 Å². The number of allylic oxidation sites excluding steroid dienone is 12. The Bertz CT molecular complexity index is 1330. The Labute approximate surface area is 281 Å². The van der Waals surface area contributed by atoms with Gasteiger partial charge in [-0.1, -0.05) is 60.7 Å². The van der Waals surface area contributed by atoms with E-state index in [4.69, 9.17) is 0 Å². The van der Waals surface area contributed by atoms with Crippen molar-refractivity contribution in [3.05, 3.63) is 150 Å². The summed E-state index contributed by atoms with van der Waals surface area (Å²) in [6.07, 6.45) is 22.4. The number of hydrogen-bond donors (Lipinski definition) is 0. The third kappa shape index (κ3) is 7.36. The van der Waals surface area contributed by atoms with E-state index in [-0.39, 0.29) is 51.0 Å². The zero-order valence-corrected chi connectivity index (χ0v) is 29.4. The van der Waals surface area contributed by atoms with Gasteiger partial charge in [0.2, 0.25) is 0 Å². The quantitative estimate of drug-likeness (QED) is 0.450. The number of halogens is 2. The first kappa shape index (κ1) is 34.4. The molecule has 0 heterocycles. The van der Waals surface area contributed by atoms with E-state index in [1.165, 1.54) is 64.2 Å². The van der Waals surface area contributed by atoms with Crippen LogP contribution in [0.25, 0.3) is 11.1 Å². The molecule has 0 spiro atoms. The van der Waals surface area contributed by atoms with Crippen molar-refractivity contribution in [3.8, 4) is 0 Å². The minimum Gasteiger partial charge on any atom is -1.00 e. The monoisotopic (exact) mass is 700 g/mol. The summed E-state index contributed by atoms with van der Waals surface area (Å²) < 4.78 is 0. The van der Waals surface area contributed by atoms with Crippen LogP contribution in [-0.2, 0) is 26.2 Å².